The number of hydrogen-bond acceptors (Lipinski definition) is 3. The topological polar surface area (TPSA) is 67.4 Å². The van der Waals surface area contributed by atoms with E-state index < -0.39 is 17.7 Å². The third kappa shape index (κ3) is 6.79. The van der Waals surface area contributed by atoms with E-state index in [9.17, 15) is 9.59 Å². The van der Waals surface area contributed by atoms with Gasteiger partial charge in [-0.2, -0.15) is 0 Å². The highest BCUT2D eigenvalue weighted by molar-refractivity contribution is 14.1. The normalized spacial score (nSPS) is 12.4. The van der Waals surface area contributed by atoms with Crippen LogP contribution in [-0.2, 0) is 16.1 Å². The molecule has 1 rings (SSSR count). The van der Waals surface area contributed by atoms with Gasteiger partial charge in [0.05, 0.1) is 0 Å². The summed E-state index contributed by atoms with van der Waals surface area (Å²) in [5.41, 5.74) is 0.455. The molecular formula is C15H21IN2O3. The van der Waals surface area contributed by atoms with Crippen LogP contribution in [0.15, 0.2) is 24.3 Å². The van der Waals surface area contributed by atoms with Crippen molar-refractivity contribution < 1.29 is 14.3 Å². The summed E-state index contributed by atoms with van der Waals surface area (Å²) >= 11 is 2.22. The molecule has 21 heavy (non-hydrogen) atoms. The number of amides is 2. The van der Waals surface area contributed by atoms with Crippen LogP contribution in [0, 0.1) is 3.57 Å². The lowest BCUT2D eigenvalue weighted by Gasteiger charge is -2.21. The Bertz CT molecular complexity index is 512. The fourth-order valence-electron chi connectivity index (χ4n) is 1.53. The first kappa shape index (κ1) is 17.7. The predicted octanol–water partition coefficient (Wildman–Crippen LogP) is 2.82. The van der Waals surface area contributed by atoms with Crippen molar-refractivity contribution in [2.45, 2.75) is 45.9 Å². The van der Waals surface area contributed by atoms with Crippen LogP contribution in [0.5, 0.6) is 0 Å². The molecule has 0 saturated carbocycles. The second-order valence-corrected chi connectivity index (χ2v) is 6.84. The molecule has 1 aromatic rings. The lowest BCUT2D eigenvalue weighted by atomic mass is 10.2. The molecule has 0 aromatic heterocycles. The smallest absolute Gasteiger partial charge is 0.408 e. The summed E-state index contributed by atoms with van der Waals surface area (Å²) < 4.78 is 6.20. The second kappa shape index (κ2) is 7.63. The van der Waals surface area contributed by atoms with Gasteiger partial charge in [-0.1, -0.05) is 18.2 Å². The summed E-state index contributed by atoms with van der Waals surface area (Å²) in [4.78, 5) is 23.5. The van der Waals surface area contributed by atoms with Crippen LogP contribution < -0.4 is 10.6 Å². The minimum absolute atomic E-state index is 0.250. The molecule has 0 aliphatic carbocycles. The highest BCUT2D eigenvalue weighted by Gasteiger charge is 2.20. The maximum absolute atomic E-state index is 11.9. The Labute approximate surface area is 139 Å². The average molecular weight is 404 g/mol. The van der Waals surface area contributed by atoms with Crippen molar-refractivity contribution in [1.29, 1.82) is 0 Å². The van der Waals surface area contributed by atoms with Crippen molar-refractivity contribution >= 4 is 34.6 Å². The Morgan fingerprint density at radius 3 is 2.48 bits per heavy atom. The van der Waals surface area contributed by atoms with Crippen molar-refractivity contribution in [3.8, 4) is 0 Å². The average Bonchev–Trinajstić information content (AvgIpc) is 2.34. The van der Waals surface area contributed by atoms with E-state index in [4.69, 9.17) is 4.74 Å². The zero-order valence-corrected chi connectivity index (χ0v) is 14.9. The van der Waals surface area contributed by atoms with E-state index in [0.717, 1.165) is 9.13 Å². The van der Waals surface area contributed by atoms with E-state index in [0.29, 0.717) is 6.54 Å². The van der Waals surface area contributed by atoms with Gasteiger partial charge >= 0.3 is 6.09 Å². The maximum Gasteiger partial charge on any atom is 0.408 e. The lowest BCUT2D eigenvalue weighted by molar-refractivity contribution is -0.122. The molecule has 1 aromatic carbocycles. The van der Waals surface area contributed by atoms with Gasteiger partial charge in [-0.15, -0.1) is 0 Å². The minimum atomic E-state index is -0.652. The van der Waals surface area contributed by atoms with Crippen LogP contribution in [0.4, 0.5) is 4.79 Å². The molecule has 1 atom stereocenters. The Morgan fingerprint density at radius 2 is 1.90 bits per heavy atom. The maximum atomic E-state index is 11.9. The predicted molar refractivity (Wildman–Crippen MR) is 89.8 cm³/mol. The highest BCUT2D eigenvalue weighted by Crippen LogP contribution is 2.11. The van der Waals surface area contributed by atoms with Gasteiger partial charge in [0.2, 0.25) is 5.91 Å². The standard InChI is InChI=1S/C15H21IN2O3/c1-10(18-14(20)21-15(2,3)4)13(19)17-9-11-7-5-6-8-12(11)16/h5-8,10H,9H2,1-4H3,(H,17,19)(H,18,20). The van der Waals surface area contributed by atoms with E-state index in [1.54, 1.807) is 27.7 Å². The zero-order chi connectivity index (χ0) is 16.0. The van der Waals surface area contributed by atoms with E-state index in [1.807, 2.05) is 24.3 Å². The Kier molecular flexibility index (Phi) is 6.44. The molecule has 5 nitrogen and oxygen atoms in total. The van der Waals surface area contributed by atoms with E-state index in [1.165, 1.54) is 0 Å². The summed E-state index contributed by atoms with van der Waals surface area (Å²) in [5, 5.41) is 5.31. The van der Waals surface area contributed by atoms with Gasteiger partial charge in [0.15, 0.2) is 0 Å². The first-order chi connectivity index (χ1) is 9.69. The number of ether oxygens (including phenoxy) is 1. The summed E-state index contributed by atoms with van der Waals surface area (Å²) in [6, 6.07) is 7.14. The van der Waals surface area contributed by atoms with Crippen LogP contribution in [-0.4, -0.2) is 23.6 Å². The number of hydrogen-bond donors (Lipinski definition) is 2. The quantitative estimate of drug-likeness (QED) is 0.759. The molecule has 0 heterocycles. The van der Waals surface area contributed by atoms with E-state index >= 15 is 0 Å². The van der Waals surface area contributed by atoms with Gasteiger partial charge in [0.25, 0.3) is 0 Å². The summed E-state index contributed by atoms with van der Waals surface area (Å²) in [7, 11) is 0. The minimum Gasteiger partial charge on any atom is -0.444 e. The summed E-state index contributed by atoms with van der Waals surface area (Å²) in [6.45, 7) is 7.37. The third-order valence-electron chi connectivity index (χ3n) is 2.54. The fraction of sp³-hybridized carbons (Fsp3) is 0.467. The molecule has 0 aliphatic rings. The monoisotopic (exact) mass is 404 g/mol. The number of alkyl carbamates (subject to hydrolysis) is 1. The first-order valence-corrected chi connectivity index (χ1v) is 7.77. The first-order valence-electron chi connectivity index (χ1n) is 6.69. The molecule has 0 spiro atoms. The van der Waals surface area contributed by atoms with Gasteiger partial charge < -0.3 is 15.4 Å². The van der Waals surface area contributed by atoms with Crippen molar-refractivity contribution in [2.24, 2.45) is 0 Å². The third-order valence-corrected chi connectivity index (χ3v) is 3.59. The Morgan fingerprint density at radius 1 is 1.29 bits per heavy atom. The highest BCUT2D eigenvalue weighted by atomic mass is 127. The van der Waals surface area contributed by atoms with Crippen LogP contribution in [0.1, 0.15) is 33.3 Å². The SMILES string of the molecule is CC(NC(=O)OC(C)(C)C)C(=O)NCc1ccccc1I. The molecule has 0 saturated heterocycles. The fourth-order valence-corrected chi connectivity index (χ4v) is 2.11. The van der Waals surface area contributed by atoms with Crippen LogP contribution >= 0.6 is 22.6 Å². The Balaban J connectivity index is 2.45. The number of carbonyl (C=O) groups excluding carboxylic acids is 2. The molecule has 0 bridgehead atoms. The van der Waals surface area contributed by atoms with Gasteiger partial charge in [0.1, 0.15) is 11.6 Å². The number of benzene rings is 1. The lowest BCUT2D eigenvalue weighted by Crippen LogP contribution is -2.46. The molecule has 2 amide bonds. The second-order valence-electron chi connectivity index (χ2n) is 5.68. The summed E-state index contributed by atoms with van der Waals surface area (Å²) in [6.07, 6.45) is -0.598. The summed E-state index contributed by atoms with van der Waals surface area (Å²) in [5.74, 6) is -0.250. The van der Waals surface area contributed by atoms with Crippen LogP contribution in [0.3, 0.4) is 0 Å². The number of carbonyl (C=O) groups is 2. The molecule has 0 radical (unpaired) electrons. The number of nitrogens with one attached hydrogen (secondary N) is 2. The van der Waals surface area contributed by atoms with Crippen molar-refractivity contribution in [3.63, 3.8) is 0 Å². The number of halogens is 1. The van der Waals surface area contributed by atoms with E-state index in [2.05, 4.69) is 33.2 Å². The Hall–Kier alpha value is -1.31. The van der Waals surface area contributed by atoms with E-state index in [-0.39, 0.29) is 5.91 Å². The van der Waals surface area contributed by atoms with Gasteiger partial charge in [0, 0.05) is 10.1 Å². The molecule has 2 N–H and O–H groups in total. The molecule has 116 valence electrons. The number of rotatable bonds is 4. The molecule has 6 heteroatoms. The largest absolute Gasteiger partial charge is 0.444 e. The van der Waals surface area contributed by atoms with Gasteiger partial charge in [-0.05, 0) is 61.9 Å². The van der Waals surface area contributed by atoms with Crippen LogP contribution in [0.2, 0.25) is 0 Å². The van der Waals surface area contributed by atoms with Crippen molar-refractivity contribution in [1.82, 2.24) is 10.6 Å². The van der Waals surface area contributed by atoms with Gasteiger partial charge in [-0.25, -0.2) is 4.79 Å². The van der Waals surface area contributed by atoms with Crippen molar-refractivity contribution in [2.75, 3.05) is 0 Å². The molecule has 0 aliphatic heterocycles. The van der Waals surface area contributed by atoms with Crippen molar-refractivity contribution in [3.05, 3.63) is 33.4 Å². The van der Waals surface area contributed by atoms with Crippen LogP contribution in [0.25, 0.3) is 0 Å². The zero-order valence-electron chi connectivity index (χ0n) is 12.7. The van der Waals surface area contributed by atoms with Gasteiger partial charge in [-0.3, -0.25) is 4.79 Å². The molecular weight excluding hydrogens is 383 g/mol. The molecule has 0 fully saturated rings. The molecule has 1 unspecified atom stereocenters.